The minimum absolute atomic E-state index is 0.0892. The molecule has 156 valence electrons. The average Bonchev–Trinajstić information content (AvgIpc) is 2.71. The molecule has 0 unspecified atom stereocenters. The van der Waals surface area contributed by atoms with Gasteiger partial charge in [-0.2, -0.15) is 4.31 Å². The van der Waals surface area contributed by atoms with Gasteiger partial charge in [0.05, 0.1) is 4.90 Å². The van der Waals surface area contributed by atoms with E-state index in [1.807, 2.05) is 25.1 Å². The summed E-state index contributed by atoms with van der Waals surface area (Å²) in [4.78, 5) is 12.9. The van der Waals surface area contributed by atoms with Crippen LogP contribution in [0, 0.1) is 12.8 Å². The molecular weight excluding hydrogens is 408 g/mol. The standard InChI is InChI=1S/C22H27ClN2O3S/c1-15(2)17-7-9-19(10-8-17)29(27,28)25-13-11-18(12-14-25)22(26)24-21-6-4-5-20(23)16(21)3/h4-10,15,18H,11-14H2,1-3H3,(H,24,26). The van der Waals surface area contributed by atoms with Gasteiger partial charge in [-0.25, -0.2) is 8.42 Å². The molecule has 5 nitrogen and oxygen atoms in total. The second kappa shape index (κ2) is 8.86. The van der Waals surface area contributed by atoms with Gasteiger partial charge in [0, 0.05) is 29.7 Å². The fourth-order valence-electron chi connectivity index (χ4n) is 3.51. The number of anilines is 1. The normalized spacial score (nSPS) is 16.2. The summed E-state index contributed by atoms with van der Waals surface area (Å²) in [6, 6.07) is 12.5. The summed E-state index contributed by atoms with van der Waals surface area (Å²) in [7, 11) is -3.54. The van der Waals surface area contributed by atoms with Crippen molar-refractivity contribution in [1.29, 1.82) is 0 Å². The van der Waals surface area contributed by atoms with Crippen molar-refractivity contribution in [1.82, 2.24) is 4.31 Å². The van der Waals surface area contributed by atoms with E-state index in [0.717, 1.165) is 11.1 Å². The third kappa shape index (κ3) is 4.82. The van der Waals surface area contributed by atoms with Gasteiger partial charge in [-0.1, -0.05) is 43.6 Å². The first kappa shape index (κ1) is 21.8. The number of benzene rings is 2. The number of carbonyl (C=O) groups is 1. The molecule has 0 radical (unpaired) electrons. The van der Waals surface area contributed by atoms with E-state index >= 15 is 0 Å². The number of sulfonamides is 1. The van der Waals surface area contributed by atoms with Crippen LogP contribution < -0.4 is 5.32 Å². The van der Waals surface area contributed by atoms with Crippen molar-refractivity contribution in [3.63, 3.8) is 0 Å². The van der Waals surface area contributed by atoms with Gasteiger partial charge in [0.15, 0.2) is 0 Å². The van der Waals surface area contributed by atoms with E-state index in [4.69, 9.17) is 11.6 Å². The number of piperidine rings is 1. The van der Waals surface area contributed by atoms with Crippen molar-refractivity contribution < 1.29 is 13.2 Å². The number of halogens is 1. The van der Waals surface area contributed by atoms with E-state index < -0.39 is 10.0 Å². The molecule has 1 heterocycles. The second-order valence-electron chi connectivity index (χ2n) is 7.80. The van der Waals surface area contributed by atoms with Crippen LogP contribution in [0.3, 0.4) is 0 Å². The Labute approximate surface area is 178 Å². The van der Waals surface area contributed by atoms with Crippen molar-refractivity contribution in [3.8, 4) is 0 Å². The smallest absolute Gasteiger partial charge is 0.243 e. The number of rotatable bonds is 5. The van der Waals surface area contributed by atoms with Crippen LogP contribution in [0.5, 0.6) is 0 Å². The maximum absolute atomic E-state index is 12.9. The molecule has 2 aromatic carbocycles. The molecule has 0 bridgehead atoms. The summed E-state index contributed by atoms with van der Waals surface area (Å²) in [5, 5.41) is 3.54. The van der Waals surface area contributed by atoms with E-state index in [0.29, 0.717) is 47.5 Å². The highest BCUT2D eigenvalue weighted by atomic mass is 35.5. The molecule has 0 aromatic heterocycles. The van der Waals surface area contributed by atoms with E-state index in [9.17, 15) is 13.2 Å². The minimum atomic E-state index is -3.54. The third-order valence-electron chi connectivity index (χ3n) is 5.53. The SMILES string of the molecule is Cc1c(Cl)cccc1NC(=O)C1CCN(S(=O)(=O)c2ccc(C(C)C)cc2)CC1. The summed E-state index contributed by atoms with van der Waals surface area (Å²) >= 11 is 6.11. The monoisotopic (exact) mass is 434 g/mol. The van der Waals surface area contributed by atoms with Crippen molar-refractivity contribution in [3.05, 3.63) is 58.6 Å². The Hall–Kier alpha value is -1.89. The zero-order valence-electron chi connectivity index (χ0n) is 17.0. The van der Waals surface area contributed by atoms with Gasteiger partial charge in [0.1, 0.15) is 0 Å². The Morgan fingerprint density at radius 2 is 1.72 bits per heavy atom. The van der Waals surface area contributed by atoms with Gasteiger partial charge >= 0.3 is 0 Å². The molecule has 1 saturated heterocycles. The fourth-order valence-corrected chi connectivity index (χ4v) is 5.15. The van der Waals surface area contributed by atoms with Crippen LogP contribution >= 0.6 is 11.6 Å². The Morgan fingerprint density at radius 3 is 2.31 bits per heavy atom. The Bertz CT molecular complexity index is 980. The van der Waals surface area contributed by atoms with Crippen LogP contribution in [0.1, 0.15) is 43.7 Å². The largest absolute Gasteiger partial charge is 0.326 e. The highest BCUT2D eigenvalue weighted by molar-refractivity contribution is 7.89. The molecule has 1 N–H and O–H groups in total. The van der Waals surface area contributed by atoms with Crippen LogP contribution in [0.15, 0.2) is 47.4 Å². The maximum Gasteiger partial charge on any atom is 0.243 e. The molecule has 1 aliphatic heterocycles. The number of nitrogens with one attached hydrogen (secondary N) is 1. The van der Waals surface area contributed by atoms with Crippen LogP contribution in [0.25, 0.3) is 0 Å². The van der Waals surface area contributed by atoms with Crippen molar-refractivity contribution in [2.45, 2.75) is 44.4 Å². The lowest BCUT2D eigenvalue weighted by Gasteiger charge is -2.30. The first-order chi connectivity index (χ1) is 13.7. The first-order valence-corrected chi connectivity index (χ1v) is 11.7. The zero-order chi connectivity index (χ0) is 21.2. The fraction of sp³-hybridized carbons (Fsp3) is 0.409. The van der Waals surface area contributed by atoms with E-state index in [1.54, 1.807) is 24.3 Å². The second-order valence-corrected chi connectivity index (χ2v) is 10.1. The van der Waals surface area contributed by atoms with Gasteiger partial charge in [-0.05, 0) is 61.1 Å². The Morgan fingerprint density at radius 1 is 1.10 bits per heavy atom. The first-order valence-electron chi connectivity index (χ1n) is 9.86. The molecule has 2 aromatic rings. The molecule has 3 rings (SSSR count). The summed E-state index contributed by atoms with van der Waals surface area (Å²) < 4.78 is 27.3. The molecule has 0 aliphatic carbocycles. The number of hydrogen-bond donors (Lipinski definition) is 1. The molecule has 0 saturated carbocycles. The average molecular weight is 435 g/mol. The van der Waals surface area contributed by atoms with Gasteiger partial charge < -0.3 is 5.32 Å². The van der Waals surface area contributed by atoms with Gasteiger partial charge in [0.2, 0.25) is 15.9 Å². The predicted molar refractivity (Wildman–Crippen MR) is 117 cm³/mol. The summed E-state index contributed by atoms with van der Waals surface area (Å²) in [6.45, 7) is 6.67. The van der Waals surface area contributed by atoms with Crippen LogP contribution in [-0.4, -0.2) is 31.7 Å². The Kier molecular flexibility index (Phi) is 6.66. The quantitative estimate of drug-likeness (QED) is 0.734. The van der Waals surface area contributed by atoms with Crippen molar-refractivity contribution in [2.24, 2.45) is 5.92 Å². The maximum atomic E-state index is 12.9. The van der Waals surface area contributed by atoms with Gasteiger partial charge in [0.25, 0.3) is 0 Å². The zero-order valence-corrected chi connectivity index (χ0v) is 18.6. The molecule has 1 fully saturated rings. The Balaban J connectivity index is 1.63. The summed E-state index contributed by atoms with van der Waals surface area (Å²) in [5.41, 5.74) is 2.63. The third-order valence-corrected chi connectivity index (χ3v) is 7.86. The van der Waals surface area contributed by atoms with Crippen LogP contribution in [0.4, 0.5) is 5.69 Å². The van der Waals surface area contributed by atoms with Crippen LogP contribution in [0.2, 0.25) is 5.02 Å². The van der Waals surface area contributed by atoms with E-state index in [2.05, 4.69) is 19.2 Å². The topological polar surface area (TPSA) is 66.5 Å². The highest BCUT2D eigenvalue weighted by Crippen LogP contribution is 2.28. The molecular formula is C22H27ClN2O3S. The van der Waals surface area contributed by atoms with Gasteiger partial charge in [-0.3, -0.25) is 4.79 Å². The molecule has 0 spiro atoms. The van der Waals surface area contributed by atoms with Gasteiger partial charge in [-0.15, -0.1) is 0 Å². The number of nitrogens with zero attached hydrogens (tertiary/aromatic N) is 1. The molecule has 29 heavy (non-hydrogen) atoms. The lowest BCUT2D eigenvalue weighted by atomic mass is 9.97. The van der Waals surface area contributed by atoms with Crippen molar-refractivity contribution in [2.75, 3.05) is 18.4 Å². The van der Waals surface area contributed by atoms with E-state index in [-0.39, 0.29) is 11.8 Å². The highest BCUT2D eigenvalue weighted by Gasteiger charge is 2.32. The number of hydrogen-bond acceptors (Lipinski definition) is 3. The molecule has 1 amide bonds. The minimum Gasteiger partial charge on any atom is -0.326 e. The number of amides is 1. The summed E-state index contributed by atoms with van der Waals surface area (Å²) in [6.07, 6.45) is 0.990. The molecule has 0 atom stereocenters. The lowest BCUT2D eigenvalue weighted by molar-refractivity contribution is -0.120. The lowest BCUT2D eigenvalue weighted by Crippen LogP contribution is -2.41. The molecule has 1 aliphatic rings. The predicted octanol–water partition coefficient (Wildman–Crippen LogP) is 4.81. The number of carbonyl (C=O) groups excluding carboxylic acids is 1. The van der Waals surface area contributed by atoms with Crippen LogP contribution in [-0.2, 0) is 14.8 Å². The van der Waals surface area contributed by atoms with Crippen molar-refractivity contribution >= 4 is 33.2 Å². The van der Waals surface area contributed by atoms with E-state index in [1.165, 1.54) is 4.31 Å². The molecule has 7 heteroatoms. The summed E-state index contributed by atoms with van der Waals surface area (Å²) in [5.74, 6) is 0.0426.